The van der Waals surface area contributed by atoms with E-state index in [1.54, 1.807) is 20.8 Å². The fourth-order valence-electron chi connectivity index (χ4n) is 1.47. The van der Waals surface area contributed by atoms with Gasteiger partial charge in [0.2, 0.25) is 5.67 Å². The summed E-state index contributed by atoms with van der Waals surface area (Å²) in [6, 6.07) is 2.52. The molecule has 0 aliphatic heterocycles. The molecule has 0 fully saturated rings. The van der Waals surface area contributed by atoms with Gasteiger partial charge in [-0.3, -0.25) is 0 Å². The van der Waals surface area contributed by atoms with Crippen LogP contribution in [0.1, 0.15) is 29.2 Å². The van der Waals surface area contributed by atoms with Gasteiger partial charge in [-0.25, -0.2) is 4.39 Å². The Morgan fingerprint density at radius 3 is 1.56 bits per heavy atom. The van der Waals surface area contributed by atoms with Crippen molar-refractivity contribution in [3.63, 3.8) is 0 Å². The first-order chi connectivity index (χ1) is 7.07. The van der Waals surface area contributed by atoms with Crippen molar-refractivity contribution in [3.05, 3.63) is 34.4 Å². The fourth-order valence-corrected chi connectivity index (χ4v) is 1.47. The van der Waals surface area contributed by atoms with Gasteiger partial charge in [-0.15, -0.1) is 0 Å². The Balaban J connectivity index is 3.35. The van der Waals surface area contributed by atoms with Crippen LogP contribution in [0.2, 0.25) is 0 Å². The van der Waals surface area contributed by atoms with Gasteiger partial charge in [0.25, 0.3) is 0 Å². The normalized spacial score (nSPS) is 16.0. The molecule has 0 aliphatic rings. The highest BCUT2D eigenvalue weighted by Crippen LogP contribution is 2.42. The summed E-state index contributed by atoms with van der Waals surface area (Å²) < 4.78 is 51.2. The minimum atomic E-state index is -4.89. The molecule has 1 rings (SSSR count). The fraction of sp³-hybridized carbons (Fsp3) is 0.500. The molecule has 0 spiro atoms. The lowest BCUT2D eigenvalue weighted by atomic mass is 9.91. The molecule has 0 aliphatic carbocycles. The second kappa shape index (κ2) is 3.75. The maximum atomic E-state index is 13.7. The zero-order valence-corrected chi connectivity index (χ0v) is 9.67. The highest BCUT2D eigenvalue weighted by Gasteiger charge is 2.53. The molecule has 1 unspecified atom stereocenters. The van der Waals surface area contributed by atoms with E-state index in [1.165, 1.54) is 12.1 Å². The summed E-state index contributed by atoms with van der Waals surface area (Å²) in [5.41, 5.74) is -1.40. The summed E-state index contributed by atoms with van der Waals surface area (Å²) in [6.45, 7) is 5.71. The molecular weight excluding hydrogens is 220 g/mol. The molecule has 0 heterocycles. The van der Waals surface area contributed by atoms with Gasteiger partial charge in [0.1, 0.15) is 0 Å². The van der Waals surface area contributed by atoms with Crippen molar-refractivity contribution in [2.75, 3.05) is 0 Å². The molecule has 4 heteroatoms. The Morgan fingerprint density at radius 2 is 1.25 bits per heavy atom. The van der Waals surface area contributed by atoms with Gasteiger partial charge < -0.3 is 0 Å². The van der Waals surface area contributed by atoms with E-state index in [-0.39, 0.29) is 5.56 Å². The monoisotopic (exact) mass is 234 g/mol. The molecule has 0 aromatic heterocycles. The van der Waals surface area contributed by atoms with Crippen molar-refractivity contribution in [2.24, 2.45) is 0 Å². The summed E-state index contributed by atoms with van der Waals surface area (Å²) in [6.07, 6.45) is -4.89. The Morgan fingerprint density at radius 1 is 0.875 bits per heavy atom. The highest BCUT2D eigenvalue weighted by molar-refractivity contribution is 5.39. The van der Waals surface area contributed by atoms with E-state index in [9.17, 15) is 17.6 Å². The molecule has 0 bridgehead atoms. The first-order valence-electron chi connectivity index (χ1n) is 4.91. The van der Waals surface area contributed by atoms with E-state index in [1.807, 2.05) is 0 Å². The molecule has 0 N–H and O–H groups in total. The highest BCUT2D eigenvalue weighted by atomic mass is 19.4. The van der Waals surface area contributed by atoms with E-state index >= 15 is 0 Å². The second-order valence-electron chi connectivity index (χ2n) is 4.24. The van der Waals surface area contributed by atoms with Crippen LogP contribution < -0.4 is 0 Å². The number of hydrogen-bond donors (Lipinski definition) is 0. The number of halogens is 4. The number of benzene rings is 1. The van der Waals surface area contributed by atoms with Gasteiger partial charge in [0.15, 0.2) is 0 Å². The van der Waals surface area contributed by atoms with E-state index < -0.39 is 11.8 Å². The predicted molar refractivity (Wildman–Crippen MR) is 55.2 cm³/mol. The van der Waals surface area contributed by atoms with Crippen molar-refractivity contribution in [3.8, 4) is 0 Å². The Hall–Kier alpha value is -1.06. The van der Waals surface area contributed by atoms with Crippen LogP contribution in [0.15, 0.2) is 12.1 Å². The lowest BCUT2D eigenvalue weighted by Crippen LogP contribution is -2.35. The molecule has 1 aromatic carbocycles. The van der Waals surface area contributed by atoms with E-state index in [0.29, 0.717) is 18.1 Å². The lowest BCUT2D eigenvalue weighted by molar-refractivity contribution is -0.228. The smallest absolute Gasteiger partial charge is 0.229 e. The number of hydrogen-bond acceptors (Lipinski definition) is 0. The molecule has 1 atom stereocenters. The van der Waals surface area contributed by atoms with E-state index in [0.717, 1.165) is 5.56 Å². The van der Waals surface area contributed by atoms with Crippen LogP contribution in [0.25, 0.3) is 0 Å². The summed E-state index contributed by atoms with van der Waals surface area (Å²) >= 11 is 0. The number of rotatable bonds is 1. The van der Waals surface area contributed by atoms with E-state index in [2.05, 4.69) is 0 Å². The zero-order chi connectivity index (χ0) is 12.7. The molecule has 0 nitrogen and oxygen atoms in total. The quantitative estimate of drug-likeness (QED) is 0.633. The average molecular weight is 234 g/mol. The Labute approximate surface area is 92.3 Å². The molecule has 0 saturated carbocycles. The van der Waals surface area contributed by atoms with Gasteiger partial charge in [-0.2, -0.15) is 13.2 Å². The molecule has 0 amide bonds. The van der Waals surface area contributed by atoms with Crippen LogP contribution in [0.5, 0.6) is 0 Å². The largest absolute Gasteiger partial charge is 0.426 e. The first kappa shape index (κ1) is 13.0. The average Bonchev–Trinajstić information content (AvgIpc) is 2.11. The van der Waals surface area contributed by atoms with Crippen molar-refractivity contribution in [1.82, 2.24) is 0 Å². The predicted octanol–water partition coefficient (Wildman–Crippen LogP) is 4.36. The number of alkyl halides is 4. The molecule has 90 valence electrons. The molecular formula is C12H14F4. The second-order valence-corrected chi connectivity index (χ2v) is 4.24. The molecule has 0 saturated heterocycles. The first-order valence-corrected chi connectivity index (χ1v) is 4.91. The minimum Gasteiger partial charge on any atom is -0.229 e. The Kier molecular flexibility index (Phi) is 3.05. The van der Waals surface area contributed by atoms with Gasteiger partial charge in [0.05, 0.1) is 0 Å². The van der Waals surface area contributed by atoms with Crippen LogP contribution in [-0.4, -0.2) is 6.18 Å². The summed E-state index contributed by atoms with van der Waals surface area (Å²) in [5.74, 6) is 0. The standard InChI is InChI=1S/C12H14F4/c1-7-5-10(6-8(2)9(7)3)11(4,13)12(14,15)16/h5-6H,1-4H3. The summed E-state index contributed by atoms with van der Waals surface area (Å²) in [4.78, 5) is 0. The van der Waals surface area contributed by atoms with Gasteiger partial charge >= 0.3 is 6.18 Å². The van der Waals surface area contributed by atoms with Gasteiger partial charge in [0, 0.05) is 0 Å². The van der Waals surface area contributed by atoms with Crippen molar-refractivity contribution < 1.29 is 17.6 Å². The summed E-state index contributed by atoms with van der Waals surface area (Å²) in [5, 5.41) is 0. The van der Waals surface area contributed by atoms with Crippen LogP contribution in [0.3, 0.4) is 0 Å². The minimum absolute atomic E-state index is 0.333. The van der Waals surface area contributed by atoms with Crippen molar-refractivity contribution >= 4 is 0 Å². The third-order valence-electron chi connectivity index (χ3n) is 3.00. The lowest BCUT2D eigenvalue weighted by Gasteiger charge is -2.25. The van der Waals surface area contributed by atoms with Crippen LogP contribution >= 0.6 is 0 Å². The van der Waals surface area contributed by atoms with Crippen LogP contribution in [0, 0.1) is 20.8 Å². The molecule has 16 heavy (non-hydrogen) atoms. The summed E-state index contributed by atoms with van der Waals surface area (Å²) in [7, 11) is 0. The van der Waals surface area contributed by atoms with Crippen LogP contribution in [-0.2, 0) is 5.67 Å². The third-order valence-corrected chi connectivity index (χ3v) is 3.00. The SMILES string of the molecule is Cc1cc(C(C)(F)C(F)(F)F)cc(C)c1C. The zero-order valence-electron chi connectivity index (χ0n) is 9.67. The topological polar surface area (TPSA) is 0 Å². The maximum absolute atomic E-state index is 13.7. The Bertz CT molecular complexity index is 379. The van der Waals surface area contributed by atoms with Crippen LogP contribution in [0.4, 0.5) is 17.6 Å². The van der Waals surface area contributed by atoms with Crippen molar-refractivity contribution in [1.29, 1.82) is 0 Å². The van der Waals surface area contributed by atoms with E-state index in [4.69, 9.17) is 0 Å². The number of aryl methyl sites for hydroxylation is 2. The van der Waals surface area contributed by atoms with Crippen molar-refractivity contribution in [2.45, 2.75) is 39.5 Å². The molecule has 1 aromatic rings. The third kappa shape index (κ3) is 2.06. The van der Waals surface area contributed by atoms with Gasteiger partial charge in [-0.05, 0) is 49.9 Å². The molecule has 0 radical (unpaired) electrons. The van der Waals surface area contributed by atoms with Gasteiger partial charge in [-0.1, -0.05) is 12.1 Å². The maximum Gasteiger partial charge on any atom is 0.426 e.